The Bertz CT molecular complexity index is 410. The molecule has 0 aliphatic carbocycles. The molecule has 1 aromatic heterocycles. The Morgan fingerprint density at radius 3 is 2.00 bits per heavy atom. The van der Waals surface area contributed by atoms with E-state index in [9.17, 15) is 13.2 Å². The fourth-order valence-electron chi connectivity index (χ4n) is 0.387. The second kappa shape index (κ2) is 5.32. The molecule has 1 heterocycles. The third-order valence-electron chi connectivity index (χ3n) is 1.04. The molecular formula is C6H6ClF3N2O3S. The lowest BCUT2D eigenvalue weighted by Crippen LogP contribution is -2.21. The van der Waals surface area contributed by atoms with Crippen molar-refractivity contribution in [2.24, 2.45) is 0 Å². The molecule has 0 bridgehead atoms. The van der Waals surface area contributed by atoms with Gasteiger partial charge in [0.15, 0.2) is 0 Å². The van der Waals surface area contributed by atoms with E-state index < -0.39 is 15.6 Å². The quantitative estimate of drug-likeness (QED) is 0.556. The van der Waals surface area contributed by atoms with Gasteiger partial charge in [0, 0.05) is 6.20 Å². The van der Waals surface area contributed by atoms with Crippen LogP contribution in [0.5, 0.6) is 0 Å². The highest BCUT2D eigenvalue weighted by Gasteiger charge is 2.44. The summed E-state index contributed by atoms with van der Waals surface area (Å²) in [7, 11) is -5.84. The number of pyridine rings is 1. The van der Waals surface area contributed by atoms with Gasteiger partial charge in [0.1, 0.15) is 5.82 Å². The number of hydrogen-bond donors (Lipinski definition) is 2. The van der Waals surface area contributed by atoms with Gasteiger partial charge in [-0.1, -0.05) is 11.6 Å². The summed E-state index contributed by atoms with van der Waals surface area (Å²) in [4.78, 5) is 3.72. The Morgan fingerprint density at radius 2 is 1.81 bits per heavy atom. The monoisotopic (exact) mass is 278 g/mol. The first-order chi connectivity index (χ1) is 7.04. The molecule has 0 unspecified atom stereocenters. The number of alkyl halides is 3. The zero-order valence-corrected chi connectivity index (χ0v) is 9.01. The molecule has 0 amide bonds. The third kappa shape index (κ3) is 5.73. The lowest BCUT2D eigenvalue weighted by atomic mass is 10.5. The predicted octanol–water partition coefficient (Wildman–Crippen LogP) is 1.71. The van der Waals surface area contributed by atoms with Gasteiger partial charge < -0.3 is 5.73 Å². The highest BCUT2D eigenvalue weighted by Crippen LogP contribution is 2.20. The summed E-state index contributed by atoms with van der Waals surface area (Å²) >= 11 is 5.49. The first-order valence-corrected chi connectivity index (χ1v) is 5.26. The van der Waals surface area contributed by atoms with Crippen LogP contribution in [0.3, 0.4) is 0 Å². The van der Waals surface area contributed by atoms with E-state index in [0.29, 0.717) is 10.8 Å². The molecule has 0 aliphatic rings. The van der Waals surface area contributed by atoms with Crippen molar-refractivity contribution in [2.45, 2.75) is 5.51 Å². The smallest absolute Gasteiger partial charge is 0.384 e. The summed E-state index contributed by atoms with van der Waals surface area (Å²) in [5.41, 5.74) is -0.278. The van der Waals surface area contributed by atoms with E-state index in [1.165, 1.54) is 6.20 Å². The van der Waals surface area contributed by atoms with Crippen LogP contribution in [0.25, 0.3) is 0 Å². The Balaban J connectivity index is 0.000000281. The molecule has 0 fully saturated rings. The topological polar surface area (TPSA) is 93.3 Å². The molecule has 0 atom stereocenters. The van der Waals surface area contributed by atoms with E-state index in [2.05, 4.69) is 4.98 Å². The number of nitrogens with two attached hydrogens (primary N) is 1. The molecule has 5 nitrogen and oxygen atoms in total. The van der Waals surface area contributed by atoms with Gasteiger partial charge in [-0.15, -0.1) is 0 Å². The minimum Gasteiger partial charge on any atom is -0.384 e. The summed E-state index contributed by atoms with van der Waals surface area (Å²) in [5, 5.41) is 0.610. The largest absolute Gasteiger partial charge is 0.522 e. The minimum absolute atomic E-state index is 0.495. The number of hydrogen-bond acceptors (Lipinski definition) is 4. The van der Waals surface area contributed by atoms with Gasteiger partial charge in [-0.3, -0.25) is 4.55 Å². The van der Waals surface area contributed by atoms with E-state index >= 15 is 0 Å². The average Bonchev–Trinajstić information content (AvgIpc) is 2.08. The summed E-state index contributed by atoms with van der Waals surface area (Å²) in [6.07, 6.45) is 1.51. The maximum absolute atomic E-state index is 10.7. The molecule has 92 valence electrons. The summed E-state index contributed by atoms with van der Waals surface area (Å²) in [5.74, 6) is 0.495. The normalized spacial score (nSPS) is 11.6. The van der Waals surface area contributed by atoms with E-state index in [4.69, 9.17) is 30.3 Å². The molecule has 0 radical (unpaired) electrons. The molecule has 0 aliphatic heterocycles. The molecule has 0 saturated carbocycles. The molecular weight excluding hydrogens is 273 g/mol. The fraction of sp³-hybridized carbons (Fsp3) is 0.167. The van der Waals surface area contributed by atoms with Gasteiger partial charge in [-0.2, -0.15) is 21.6 Å². The lowest BCUT2D eigenvalue weighted by molar-refractivity contribution is -0.0510. The molecule has 1 aromatic rings. The van der Waals surface area contributed by atoms with Crippen LogP contribution < -0.4 is 5.73 Å². The van der Waals surface area contributed by atoms with Crippen LogP contribution >= 0.6 is 11.6 Å². The van der Waals surface area contributed by atoms with Crippen molar-refractivity contribution in [3.63, 3.8) is 0 Å². The summed E-state index contributed by atoms with van der Waals surface area (Å²) in [6.45, 7) is 0. The van der Waals surface area contributed by atoms with Gasteiger partial charge in [-0.25, -0.2) is 4.98 Å². The van der Waals surface area contributed by atoms with Crippen molar-refractivity contribution >= 4 is 27.5 Å². The van der Waals surface area contributed by atoms with Gasteiger partial charge in [-0.05, 0) is 12.1 Å². The van der Waals surface area contributed by atoms with Crippen LogP contribution in [-0.4, -0.2) is 23.5 Å². The fourth-order valence-corrected chi connectivity index (χ4v) is 0.499. The zero-order valence-electron chi connectivity index (χ0n) is 7.44. The summed E-state index contributed by atoms with van der Waals surface area (Å²) in [6, 6.07) is 3.35. The molecule has 16 heavy (non-hydrogen) atoms. The SMILES string of the molecule is Nc1ccc(Cl)cn1.O=S(=O)(O)C(F)(F)F. The van der Waals surface area contributed by atoms with Crippen molar-refractivity contribution < 1.29 is 26.1 Å². The summed E-state index contributed by atoms with van der Waals surface area (Å²) < 4.78 is 57.5. The van der Waals surface area contributed by atoms with E-state index in [1.807, 2.05) is 0 Å². The first-order valence-electron chi connectivity index (χ1n) is 3.45. The highest BCUT2D eigenvalue weighted by atomic mass is 35.5. The van der Waals surface area contributed by atoms with E-state index in [-0.39, 0.29) is 0 Å². The van der Waals surface area contributed by atoms with E-state index in [1.54, 1.807) is 12.1 Å². The second-order valence-electron chi connectivity index (χ2n) is 2.32. The molecule has 1 rings (SSSR count). The number of nitrogen functional groups attached to an aromatic ring is 1. The number of anilines is 1. The molecule has 0 spiro atoms. The van der Waals surface area contributed by atoms with Crippen LogP contribution in [-0.2, 0) is 10.1 Å². The van der Waals surface area contributed by atoms with Crippen molar-refractivity contribution in [3.05, 3.63) is 23.4 Å². The second-order valence-corrected chi connectivity index (χ2v) is 4.17. The first kappa shape index (κ1) is 14.9. The van der Waals surface area contributed by atoms with Gasteiger partial charge >= 0.3 is 15.6 Å². The maximum atomic E-state index is 10.7. The Hall–Kier alpha value is -1.06. The van der Waals surface area contributed by atoms with Crippen molar-refractivity contribution in [1.82, 2.24) is 4.98 Å². The molecule has 3 N–H and O–H groups in total. The predicted molar refractivity (Wildman–Crippen MR) is 51.3 cm³/mol. The van der Waals surface area contributed by atoms with Crippen molar-refractivity contribution in [2.75, 3.05) is 5.73 Å². The van der Waals surface area contributed by atoms with Crippen molar-refractivity contribution in [1.29, 1.82) is 0 Å². The lowest BCUT2D eigenvalue weighted by Gasteiger charge is -1.97. The van der Waals surface area contributed by atoms with Crippen LogP contribution in [0.15, 0.2) is 18.3 Å². The molecule has 10 heteroatoms. The molecule has 0 saturated heterocycles. The van der Waals surface area contributed by atoms with Crippen molar-refractivity contribution in [3.8, 4) is 0 Å². The number of aromatic nitrogens is 1. The van der Waals surface area contributed by atoms with E-state index in [0.717, 1.165) is 0 Å². The maximum Gasteiger partial charge on any atom is 0.522 e. The van der Waals surface area contributed by atoms with Crippen LogP contribution in [0, 0.1) is 0 Å². The molecule has 0 aromatic carbocycles. The van der Waals surface area contributed by atoms with Crippen LogP contribution in [0.4, 0.5) is 19.0 Å². The standard InChI is InChI=1S/C5H5ClN2.CHF3O3S/c6-4-1-2-5(7)8-3-4;2-1(3,4)8(5,6)7/h1-3H,(H2,7,8);(H,5,6,7). The Morgan fingerprint density at radius 1 is 1.38 bits per heavy atom. The average molecular weight is 279 g/mol. The van der Waals surface area contributed by atoms with Crippen LogP contribution in [0.1, 0.15) is 0 Å². The van der Waals surface area contributed by atoms with Gasteiger partial charge in [0.05, 0.1) is 5.02 Å². The third-order valence-corrected chi connectivity index (χ3v) is 1.85. The number of halogens is 4. The zero-order chi connectivity index (χ0) is 13.0. The Kier molecular flexibility index (Phi) is 4.97. The van der Waals surface area contributed by atoms with Gasteiger partial charge in [0.25, 0.3) is 0 Å². The van der Waals surface area contributed by atoms with Crippen LogP contribution in [0.2, 0.25) is 5.02 Å². The van der Waals surface area contributed by atoms with Gasteiger partial charge in [0.2, 0.25) is 0 Å². The minimum atomic E-state index is -5.84. The number of nitrogens with zero attached hydrogens (tertiary/aromatic N) is 1. The highest BCUT2D eigenvalue weighted by molar-refractivity contribution is 7.86. The number of rotatable bonds is 0. The Labute approximate surface area is 93.8 Å².